The molecule has 0 radical (unpaired) electrons. The third-order valence-corrected chi connectivity index (χ3v) is 3.11. The van der Waals surface area contributed by atoms with Gasteiger partial charge in [0.15, 0.2) is 0 Å². The Labute approximate surface area is 125 Å². The second-order valence-electron chi connectivity index (χ2n) is 6.02. The highest BCUT2D eigenvalue weighted by atomic mass is 16.6. The van der Waals surface area contributed by atoms with E-state index in [0.717, 1.165) is 0 Å². The maximum Gasteiger partial charge on any atom is 0.326 e. The first kappa shape index (κ1) is 19.4. The number of nitrogens with one attached hydrogen (secondary N) is 1. The molecule has 0 fully saturated rings. The summed E-state index contributed by atoms with van der Waals surface area (Å²) in [5, 5.41) is 11.4. The van der Waals surface area contributed by atoms with Gasteiger partial charge < -0.3 is 20.9 Å². The molecule has 0 rings (SSSR count). The van der Waals surface area contributed by atoms with E-state index < -0.39 is 41.4 Å². The van der Waals surface area contributed by atoms with E-state index in [1.807, 2.05) is 0 Å². The molecule has 0 unspecified atom stereocenters. The SMILES string of the molecule is CCC(N)(CC)C(=O)N[C@@H](CC(=O)OC(C)(C)C)C(=O)O. The van der Waals surface area contributed by atoms with Gasteiger partial charge in [-0.15, -0.1) is 0 Å². The lowest BCUT2D eigenvalue weighted by Gasteiger charge is -2.27. The van der Waals surface area contributed by atoms with Crippen molar-refractivity contribution in [2.75, 3.05) is 0 Å². The Hall–Kier alpha value is -1.63. The van der Waals surface area contributed by atoms with Crippen LogP contribution < -0.4 is 11.1 Å². The number of esters is 1. The Morgan fingerprint density at radius 3 is 2.00 bits per heavy atom. The van der Waals surface area contributed by atoms with E-state index in [4.69, 9.17) is 15.6 Å². The van der Waals surface area contributed by atoms with Gasteiger partial charge in [0.05, 0.1) is 12.0 Å². The third-order valence-electron chi connectivity index (χ3n) is 3.11. The number of carbonyl (C=O) groups excluding carboxylic acids is 2. The van der Waals surface area contributed by atoms with E-state index in [1.165, 1.54) is 0 Å². The average Bonchev–Trinajstić information content (AvgIpc) is 2.34. The number of ether oxygens (including phenoxy) is 1. The van der Waals surface area contributed by atoms with Gasteiger partial charge in [-0.25, -0.2) is 4.79 Å². The number of carboxylic acids is 1. The normalized spacial score (nSPS) is 13.4. The summed E-state index contributed by atoms with van der Waals surface area (Å²) in [5.74, 6) is -2.57. The van der Waals surface area contributed by atoms with Crippen molar-refractivity contribution >= 4 is 17.8 Å². The molecule has 0 saturated carbocycles. The van der Waals surface area contributed by atoms with Crippen molar-refractivity contribution in [3.63, 3.8) is 0 Å². The number of hydrogen-bond donors (Lipinski definition) is 3. The topological polar surface area (TPSA) is 119 Å². The summed E-state index contributed by atoms with van der Waals surface area (Å²) >= 11 is 0. The van der Waals surface area contributed by atoms with Crippen LogP contribution >= 0.6 is 0 Å². The molecule has 7 heteroatoms. The molecule has 0 aromatic carbocycles. The smallest absolute Gasteiger partial charge is 0.326 e. The van der Waals surface area contributed by atoms with Gasteiger partial charge in [-0.1, -0.05) is 13.8 Å². The number of rotatable bonds is 7. The van der Waals surface area contributed by atoms with Crippen LogP contribution in [0.2, 0.25) is 0 Å². The second-order valence-corrected chi connectivity index (χ2v) is 6.02. The Kier molecular flexibility index (Phi) is 6.82. The molecule has 0 aliphatic heterocycles. The van der Waals surface area contributed by atoms with Gasteiger partial charge in [0.25, 0.3) is 0 Å². The number of carboxylic acid groups (broad SMARTS) is 1. The predicted octanol–water partition coefficient (Wildman–Crippen LogP) is 0.805. The zero-order valence-electron chi connectivity index (χ0n) is 13.4. The summed E-state index contributed by atoms with van der Waals surface area (Å²) in [6, 6.07) is -1.35. The van der Waals surface area contributed by atoms with Crippen molar-refractivity contribution in [3.8, 4) is 0 Å². The molecular formula is C14H26N2O5. The van der Waals surface area contributed by atoms with Crippen molar-refractivity contribution in [2.45, 2.75) is 71.1 Å². The Morgan fingerprint density at radius 2 is 1.67 bits per heavy atom. The molecule has 0 spiro atoms. The monoisotopic (exact) mass is 302 g/mol. The maximum absolute atomic E-state index is 12.1. The van der Waals surface area contributed by atoms with E-state index in [0.29, 0.717) is 12.8 Å². The molecule has 0 heterocycles. The van der Waals surface area contributed by atoms with Crippen LogP contribution in [0.25, 0.3) is 0 Å². The summed E-state index contributed by atoms with van der Waals surface area (Å²) in [7, 11) is 0. The van der Waals surface area contributed by atoms with Gasteiger partial charge in [-0.2, -0.15) is 0 Å². The summed E-state index contributed by atoms with van der Waals surface area (Å²) in [5.41, 5.74) is 4.05. The fraction of sp³-hybridized carbons (Fsp3) is 0.786. The van der Waals surface area contributed by atoms with E-state index in [1.54, 1.807) is 34.6 Å². The fourth-order valence-electron chi connectivity index (χ4n) is 1.62. The molecule has 21 heavy (non-hydrogen) atoms. The first-order valence-electron chi connectivity index (χ1n) is 6.99. The molecular weight excluding hydrogens is 276 g/mol. The molecule has 0 aromatic heterocycles. The highest BCUT2D eigenvalue weighted by Gasteiger charge is 2.34. The van der Waals surface area contributed by atoms with Crippen LogP contribution in [-0.4, -0.2) is 40.1 Å². The van der Waals surface area contributed by atoms with E-state index in [9.17, 15) is 14.4 Å². The van der Waals surface area contributed by atoms with Gasteiger partial charge in [0.2, 0.25) is 5.91 Å². The molecule has 0 aliphatic carbocycles. The lowest BCUT2D eigenvalue weighted by atomic mass is 9.92. The van der Waals surface area contributed by atoms with Crippen LogP contribution in [0.1, 0.15) is 53.9 Å². The highest BCUT2D eigenvalue weighted by Crippen LogP contribution is 2.13. The van der Waals surface area contributed by atoms with Crippen LogP contribution in [0.4, 0.5) is 0 Å². The average molecular weight is 302 g/mol. The Morgan fingerprint density at radius 1 is 1.19 bits per heavy atom. The lowest BCUT2D eigenvalue weighted by molar-refractivity contribution is -0.158. The number of carbonyl (C=O) groups is 3. The number of hydrogen-bond acceptors (Lipinski definition) is 5. The largest absolute Gasteiger partial charge is 0.480 e. The predicted molar refractivity (Wildman–Crippen MR) is 77.5 cm³/mol. The van der Waals surface area contributed by atoms with Crippen molar-refractivity contribution in [2.24, 2.45) is 5.73 Å². The van der Waals surface area contributed by atoms with Gasteiger partial charge >= 0.3 is 11.9 Å². The first-order valence-corrected chi connectivity index (χ1v) is 6.99. The van der Waals surface area contributed by atoms with Crippen LogP contribution in [0.3, 0.4) is 0 Å². The first-order chi connectivity index (χ1) is 9.45. The third kappa shape index (κ3) is 6.57. The standard InChI is InChI=1S/C14H26N2O5/c1-6-14(15,7-2)12(20)16-9(11(18)19)8-10(17)21-13(3,4)5/h9H,6-8,15H2,1-5H3,(H,16,20)(H,18,19)/t9-/m0/s1. The minimum Gasteiger partial charge on any atom is -0.480 e. The van der Waals surface area contributed by atoms with E-state index >= 15 is 0 Å². The van der Waals surface area contributed by atoms with Crippen molar-refractivity contribution in [1.82, 2.24) is 5.32 Å². The van der Waals surface area contributed by atoms with Crippen LogP contribution in [0.5, 0.6) is 0 Å². The molecule has 1 atom stereocenters. The minimum absolute atomic E-state index is 0.369. The molecule has 0 aliphatic rings. The molecule has 7 nitrogen and oxygen atoms in total. The lowest BCUT2D eigenvalue weighted by Crippen LogP contribution is -2.57. The van der Waals surface area contributed by atoms with Crippen LogP contribution in [0, 0.1) is 0 Å². The summed E-state index contributed by atoms with van der Waals surface area (Å²) in [6.45, 7) is 8.52. The van der Waals surface area contributed by atoms with Crippen molar-refractivity contribution < 1.29 is 24.2 Å². The van der Waals surface area contributed by atoms with Crippen molar-refractivity contribution in [1.29, 1.82) is 0 Å². The van der Waals surface area contributed by atoms with Crippen LogP contribution in [0.15, 0.2) is 0 Å². The number of amides is 1. The molecule has 122 valence electrons. The van der Waals surface area contributed by atoms with Gasteiger partial charge in [-0.05, 0) is 33.6 Å². The van der Waals surface area contributed by atoms with Crippen molar-refractivity contribution in [3.05, 3.63) is 0 Å². The molecule has 0 bridgehead atoms. The van der Waals surface area contributed by atoms with Gasteiger partial charge in [0, 0.05) is 0 Å². The molecule has 4 N–H and O–H groups in total. The van der Waals surface area contributed by atoms with Crippen LogP contribution in [-0.2, 0) is 19.1 Å². The Balaban J connectivity index is 4.83. The highest BCUT2D eigenvalue weighted by molar-refractivity contribution is 5.91. The molecule has 0 saturated heterocycles. The molecule has 0 aromatic rings. The summed E-state index contributed by atoms with van der Waals surface area (Å²) in [6.07, 6.45) is 0.296. The minimum atomic E-state index is -1.35. The van der Waals surface area contributed by atoms with E-state index in [-0.39, 0.29) is 0 Å². The van der Waals surface area contributed by atoms with Gasteiger partial charge in [-0.3, -0.25) is 9.59 Å². The van der Waals surface area contributed by atoms with Gasteiger partial charge in [0.1, 0.15) is 11.6 Å². The summed E-state index contributed by atoms with van der Waals surface area (Å²) < 4.78 is 5.05. The fourth-order valence-corrected chi connectivity index (χ4v) is 1.62. The number of nitrogens with two attached hydrogens (primary N) is 1. The molecule has 1 amide bonds. The number of aliphatic carboxylic acids is 1. The zero-order chi connectivity index (χ0) is 16.8. The second kappa shape index (κ2) is 7.40. The Bertz CT molecular complexity index is 397. The quantitative estimate of drug-likeness (QED) is 0.599. The zero-order valence-corrected chi connectivity index (χ0v) is 13.4. The maximum atomic E-state index is 12.1. The summed E-state index contributed by atoms with van der Waals surface area (Å²) in [4.78, 5) is 34.9. The van der Waals surface area contributed by atoms with E-state index in [2.05, 4.69) is 5.32 Å².